The number of primary amides is 1. The molecule has 1 aromatic heterocycles. The summed E-state index contributed by atoms with van der Waals surface area (Å²) in [6.07, 6.45) is 5.50. The Kier molecular flexibility index (Phi) is 5.98. The van der Waals surface area contributed by atoms with Gasteiger partial charge in [0.2, 0.25) is 5.91 Å². The second-order valence-corrected chi connectivity index (χ2v) is 6.69. The molecule has 2 saturated heterocycles. The molecule has 0 radical (unpaired) electrons. The van der Waals surface area contributed by atoms with E-state index in [0.717, 1.165) is 76.6 Å². The van der Waals surface area contributed by atoms with Crippen LogP contribution in [0.3, 0.4) is 0 Å². The molecule has 0 spiro atoms. The van der Waals surface area contributed by atoms with Crippen LogP contribution in [-0.4, -0.2) is 60.2 Å². The van der Waals surface area contributed by atoms with Crippen molar-refractivity contribution in [3.63, 3.8) is 0 Å². The minimum absolute atomic E-state index is 0.0679. The molecule has 2 fully saturated rings. The maximum atomic E-state index is 11.2. The zero-order chi connectivity index (χ0) is 16.8. The topological polar surface area (TPSA) is 93.4 Å². The Labute approximate surface area is 143 Å². The van der Waals surface area contributed by atoms with Gasteiger partial charge in [-0.1, -0.05) is 0 Å². The van der Waals surface area contributed by atoms with Crippen LogP contribution < -0.4 is 11.1 Å². The number of piperidine rings is 1. The van der Waals surface area contributed by atoms with E-state index in [0.29, 0.717) is 5.92 Å². The van der Waals surface area contributed by atoms with Crippen LogP contribution in [0.1, 0.15) is 37.3 Å². The molecule has 0 aliphatic carbocycles. The van der Waals surface area contributed by atoms with E-state index in [2.05, 4.69) is 20.2 Å². The number of nitrogens with two attached hydrogens (primary N) is 1. The first kappa shape index (κ1) is 17.1. The highest BCUT2D eigenvalue weighted by Crippen LogP contribution is 2.24. The van der Waals surface area contributed by atoms with Crippen molar-refractivity contribution in [1.29, 1.82) is 0 Å². The van der Waals surface area contributed by atoms with Crippen molar-refractivity contribution in [3.05, 3.63) is 18.1 Å². The second-order valence-electron chi connectivity index (χ2n) is 6.69. The zero-order valence-electron chi connectivity index (χ0n) is 14.1. The molecule has 132 valence electrons. The molecule has 0 aromatic carbocycles. The van der Waals surface area contributed by atoms with Crippen molar-refractivity contribution in [2.75, 3.05) is 44.7 Å². The number of nitrogens with zero attached hydrogens (tertiary/aromatic N) is 3. The maximum Gasteiger partial charge on any atom is 0.220 e. The van der Waals surface area contributed by atoms with Crippen LogP contribution in [0.5, 0.6) is 0 Å². The first-order chi connectivity index (χ1) is 11.7. The van der Waals surface area contributed by atoms with Crippen LogP contribution in [0, 0.1) is 5.92 Å². The van der Waals surface area contributed by atoms with Crippen LogP contribution >= 0.6 is 0 Å². The molecule has 0 unspecified atom stereocenters. The van der Waals surface area contributed by atoms with Crippen LogP contribution in [-0.2, 0) is 9.53 Å². The van der Waals surface area contributed by atoms with E-state index in [1.807, 2.05) is 6.07 Å². The van der Waals surface area contributed by atoms with Gasteiger partial charge < -0.3 is 20.7 Å². The van der Waals surface area contributed by atoms with Gasteiger partial charge in [0.05, 0.1) is 12.3 Å². The number of hydrogen-bond donors (Lipinski definition) is 2. The summed E-state index contributed by atoms with van der Waals surface area (Å²) >= 11 is 0. The van der Waals surface area contributed by atoms with Gasteiger partial charge in [-0.05, 0) is 45.3 Å². The minimum atomic E-state index is -0.149. The molecular formula is C17H27N5O2. The van der Waals surface area contributed by atoms with Crippen LogP contribution in [0.2, 0.25) is 0 Å². The van der Waals surface area contributed by atoms with Gasteiger partial charge in [-0.25, -0.2) is 9.97 Å². The molecule has 3 N–H and O–H groups in total. The number of hydrogen-bond acceptors (Lipinski definition) is 6. The van der Waals surface area contributed by atoms with Gasteiger partial charge in [-0.3, -0.25) is 4.79 Å². The summed E-state index contributed by atoms with van der Waals surface area (Å²) in [6, 6.07) is 2.04. The van der Waals surface area contributed by atoms with E-state index in [1.54, 1.807) is 6.33 Å². The number of carbonyl (C=O) groups is 1. The van der Waals surface area contributed by atoms with Gasteiger partial charge in [0, 0.05) is 31.1 Å². The van der Waals surface area contributed by atoms with E-state index >= 15 is 0 Å². The number of anilines is 1. The fourth-order valence-electron chi connectivity index (χ4n) is 3.42. The van der Waals surface area contributed by atoms with Crippen molar-refractivity contribution >= 4 is 11.7 Å². The molecule has 0 saturated carbocycles. The van der Waals surface area contributed by atoms with Crippen LogP contribution in [0.25, 0.3) is 0 Å². The number of ether oxygens (including phenoxy) is 1. The van der Waals surface area contributed by atoms with Gasteiger partial charge in [0.15, 0.2) is 0 Å². The fraction of sp³-hybridized carbons (Fsp3) is 0.706. The highest BCUT2D eigenvalue weighted by Gasteiger charge is 2.22. The molecule has 24 heavy (non-hydrogen) atoms. The third-order valence-corrected chi connectivity index (χ3v) is 4.98. The molecular weight excluding hydrogens is 306 g/mol. The molecule has 1 amide bonds. The summed E-state index contributed by atoms with van der Waals surface area (Å²) in [7, 11) is 0. The molecule has 7 heteroatoms. The Morgan fingerprint density at radius 1 is 1.33 bits per heavy atom. The number of nitrogens with one attached hydrogen (secondary N) is 1. The summed E-state index contributed by atoms with van der Waals surface area (Å²) in [5.74, 6) is 1.21. The highest BCUT2D eigenvalue weighted by molar-refractivity contribution is 5.76. The summed E-state index contributed by atoms with van der Waals surface area (Å²) in [5, 5.41) is 3.38. The maximum absolute atomic E-state index is 11.2. The first-order valence-corrected chi connectivity index (χ1v) is 8.87. The molecule has 1 aromatic rings. The normalized spacial score (nSPS) is 22.6. The van der Waals surface area contributed by atoms with E-state index in [4.69, 9.17) is 10.5 Å². The predicted octanol–water partition coefficient (Wildman–Crippen LogP) is 0.980. The monoisotopic (exact) mass is 333 g/mol. The quantitative estimate of drug-likeness (QED) is 0.723. The summed E-state index contributed by atoms with van der Waals surface area (Å²) < 4.78 is 5.42. The van der Waals surface area contributed by atoms with E-state index in [9.17, 15) is 4.79 Å². The fourth-order valence-corrected chi connectivity index (χ4v) is 3.42. The van der Waals surface area contributed by atoms with E-state index in [1.165, 1.54) is 0 Å². The second kappa shape index (κ2) is 8.39. The minimum Gasteiger partial charge on any atom is -0.381 e. The third-order valence-electron chi connectivity index (χ3n) is 4.98. The number of aromatic nitrogens is 2. The van der Waals surface area contributed by atoms with Crippen molar-refractivity contribution in [3.8, 4) is 0 Å². The van der Waals surface area contributed by atoms with Gasteiger partial charge in [0.1, 0.15) is 12.1 Å². The van der Waals surface area contributed by atoms with Crippen LogP contribution in [0.15, 0.2) is 12.4 Å². The van der Waals surface area contributed by atoms with E-state index in [-0.39, 0.29) is 11.8 Å². The lowest BCUT2D eigenvalue weighted by atomic mass is 9.96. The zero-order valence-corrected chi connectivity index (χ0v) is 14.1. The van der Waals surface area contributed by atoms with Crippen molar-refractivity contribution in [2.24, 2.45) is 11.7 Å². The average Bonchev–Trinajstić information content (AvgIpc) is 3.14. The van der Waals surface area contributed by atoms with Crippen LogP contribution in [0.4, 0.5) is 5.82 Å². The first-order valence-electron chi connectivity index (χ1n) is 8.87. The molecule has 3 heterocycles. The smallest absolute Gasteiger partial charge is 0.220 e. The van der Waals surface area contributed by atoms with Gasteiger partial charge in [-0.15, -0.1) is 0 Å². The summed E-state index contributed by atoms with van der Waals surface area (Å²) in [5.41, 5.74) is 6.44. The lowest BCUT2D eigenvalue weighted by Crippen LogP contribution is -2.39. The Hall–Kier alpha value is -1.73. The predicted molar refractivity (Wildman–Crippen MR) is 91.7 cm³/mol. The number of likely N-dealkylation sites (tertiary alicyclic amines) is 1. The third kappa shape index (κ3) is 4.64. The summed E-state index contributed by atoms with van der Waals surface area (Å²) in [4.78, 5) is 22.2. The standard InChI is InChI=1S/C17H27N5O2/c18-17(23)13-2-7-22(8-3-13)6-1-5-19-16-10-15(20-12-21-16)14-4-9-24-11-14/h10,12-14H,1-9,11H2,(H2,18,23)(H,19,20,21)/t14-/m1/s1. The van der Waals surface area contributed by atoms with Crippen molar-refractivity contribution in [1.82, 2.24) is 14.9 Å². The molecule has 3 rings (SSSR count). The Morgan fingerprint density at radius 3 is 2.88 bits per heavy atom. The Morgan fingerprint density at radius 2 is 2.17 bits per heavy atom. The molecule has 2 aliphatic heterocycles. The molecule has 1 atom stereocenters. The average molecular weight is 333 g/mol. The van der Waals surface area contributed by atoms with Gasteiger partial charge in [-0.2, -0.15) is 0 Å². The van der Waals surface area contributed by atoms with Crippen molar-refractivity contribution < 1.29 is 9.53 Å². The molecule has 2 aliphatic rings. The number of rotatable bonds is 7. The van der Waals surface area contributed by atoms with Gasteiger partial charge >= 0.3 is 0 Å². The number of carbonyl (C=O) groups excluding carboxylic acids is 1. The SMILES string of the molecule is NC(=O)C1CCN(CCCNc2cc([C@@H]3CCOC3)ncn2)CC1. The van der Waals surface area contributed by atoms with E-state index < -0.39 is 0 Å². The Balaban J connectivity index is 1.36. The van der Waals surface area contributed by atoms with Gasteiger partial charge in [0.25, 0.3) is 0 Å². The lowest BCUT2D eigenvalue weighted by molar-refractivity contribution is -0.123. The Bertz CT molecular complexity index is 540. The lowest BCUT2D eigenvalue weighted by Gasteiger charge is -2.30. The highest BCUT2D eigenvalue weighted by atomic mass is 16.5. The molecule has 7 nitrogen and oxygen atoms in total. The largest absolute Gasteiger partial charge is 0.381 e. The number of amides is 1. The van der Waals surface area contributed by atoms with Crippen molar-refractivity contribution in [2.45, 2.75) is 31.6 Å². The molecule has 0 bridgehead atoms. The summed E-state index contributed by atoms with van der Waals surface area (Å²) in [6.45, 7) is 5.43.